The number of hydrogen-bond acceptors (Lipinski definition) is 5. The van der Waals surface area contributed by atoms with Crippen LogP contribution < -0.4 is 11.1 Å². The zero-order valence-electron chi connectivity index (χ0n) is 13.2. The Morgan fingerprint density at radius 3 is 2.55 bits per heavy atom. The number of ether oxygens (including phenoxy) is 1. The van der Waals surface area contributed by atoms with E-state index in [1.807, 2.05) is 0 Å². The third-order valence-corrected chi connectivity index (χ3v) is 2.51. The highest BCUT2D eigenvalue weighted by molar-refractivity contribution is 6.17. The molecule has 2 amide bonds. The lowest BCUT2D eigenvalue weighted by molar-refractivity contribution is -0.117. The molecule has 0 radical (unpaired) electrons. The fourth-order valence-corrected chi connectivity index (χ4v) is 1.46. The normalized spacial score (nSPS) is 11.5. The SMILES string of the molecule is CC(C)(C)OC(=O)N(/C=C(/C#N)C(=O)NCCCCl)CCN. The first-order chi connectivity index (χ1) is 10.2. The standard InChI is InChI=1S/C14H23ClN4O3/c1-14(2,3)22-13(21)19(8-6-16)10-11(9-17)12(20)18-7-4-5-15/h10H,4-8,16H2,1-3H3,(H,18,20)/b11-10-. The third-order valence-electron chi connectivity index (χ3n) is 2.24. The maximum Gasteiger partial charge on any atom is 0.414 e. The van der Waals surface area contributed by atoms with Crippen LogP contribution in [0.5, 0.6) is 0 Å². The van der Waals surface area contributed by atoms with Gasteiger partial charge < -0.3 is 15.8 Å². The Kier molecular flexibility index (Phi) is 9.22. The summed E-state index contributed by atoms with van der Waals surface area (Å²) in [6, 6.07) is 1.76. The van der Waals surface area contributed by atoms with Crippen LogP contribution in [0.25, 0.3) is 0 Å². The fraction of sp³-hybridized carbons (Fsp3) is 0.643. The summed E-state index contributed by atoms with van der Waals surface area (Å²) in [6.45, 7) is 5.82. The van der Waals surface area contributed by atoms with Gasteiger partial charge >= 0.3 is 6.09 Å². The van der Waals surface area contributed by atoms with E-state index < -0.39 is 17.6 Å². The van der Waals surface area contributed by atoms with E-state index in [4.69, 9.17) is 27.3 Å². The Hall–Kier alpha value is -1.78. The Labute approximate surface area is 136 Å². The Morgan fingerprint density at radius 2 is 2.09 bits per heavy atom. The Morgan fingerprint density at radius 1 is 1.45 bits per heavy atom. The first-order valence-electron chi connectivity index (χ1n) is 6.91. The van der Waals surface area contributed by atoms with Crippen LogP contribution in [0, 0.1) is 11.3 Å². The molecule has 0 aliphatic carbocycles. The molecule has 0 aliphatic heterocycles. The molecule has 0 saturated heterocycles. The van der Waals surface area contributed by atoms with Gasteiger partial charge in [0.05, 0.1) is 0 Å². The maximum absolute atomic E-state index is 12.0. The third kappa shape index (κ3) is 8.49. The molecule has 0 aromatic heterocycles. The van der Waals surface area contributed by atoms with Gasteiger partial charge in [0.1, 0.15) is 17.2 Å². The number of carbonyl (C=O) groups is 2. The summed E-state index contributed by atoms with van der Waals surface area (Å²) < 4.78 is 5.20. The average molecular weight is 331 g/mol. The highest BCUT2D eigenvalue weighted by Gasteiger charge is 2.22. The Balaban J connectivity index is 5.02. The van der Waals surface area contributed by atoms with Crippen LogP contribution in [-0.4, -0.2) is 48.0 Å². The van der Waals surface area contributed by atoms with Gasteiger partial charge in [0.2, 0.25) is 0 Å². The van der Waals surface area contributed by atoms with Crippen molar-refractivity contribution in [1.29, 1.82) is 5.26 Å². The van der Waals surface area contributed by atoms with Gasteiger partial charge in [-0.05, 0) is 27.2 Å². The van der Waals surface area contributed by atoms with Gasteiger partial charge in [0.25, 0.3) is 5.91 Å². The zero-order chi connectivity index (χ0) is 17.2. The highest BCUT2D eigenvalue weighted by Crippen LogP contribution is 2.11. The molecule has 0 aromatic rings. The van der Waals surface area contributed by atoms with Crippen LogP contribution in [0.1, 0.15) is 27.2 Å². The van der Waals surface area contributed by atoms with E-state index in [-0.39, 0.29) is 18.7 Å². The second-order valence-corrected chi connectivity index (χ2v) is 5.79. The topological polar surface area (TPSA) is 108 Å². The molecule has 0 heterocycles. The van der Waals surface area contributed by atoms with E-state index >= 15 is 0 Å². The van der Waals surface area contributed by atoms with Crippen molar-refractivity contribution in [2.45, 2.75) is 32.8 Å². The molecule has 8 heteroatoms. The lowest BCUT2D eigenvalue weighted by Crippen LogP contribution is -2.37. The van der Waals surface area contributed by atoms with Crippen molar-refractivity contribution < 1.29 is 14.3 Å². The van der Waals surface area contributed by atoms with Crippen molar-refractivity contribution in [3.8, 4) is 6.07 Å². The molecule has 0 rings (SSSR count). The lowest BCUT2D eigenvalue weighted by Gasteiger charge is -2.25. The van der Waals surface area contributed by atoms with Gasteiger partial charge in [-0.2, -0.15) is 5.26 Å². The molecular weight excluding hydrogens is 308 g/mol. The molecule has 3 N–H and O–H groups in total. The number of nitriles is 1. The van der Waals surface area contributed by atoms with Crippen molar-refractivity contribution in [2.24, 2.45) is 5.73 Å². The largest absolute Gasteiger partial charge is 0.443 e. The second-order valence-electron chi connectivity index (χ2n) is 5.42. The van der Waals surface area contributed by atoms with Crippen LogP contribution in [0.15, 0.2) is 11.8 Å². The van der Waals surface area contributed by atoms with Gasteiger partial charge in [-0.25, -0.2) is 4.79 Å². The first kappa shape index (κ1) is 20.2. The highest BCUT2D eigenvalue weighted by atomic mass is 35.5. The van der Waals surface area contributed by atoms with Crippen molar-refractivity contribution in [3.63, 3.8) is 0 Å². The molecule has 0 fully saturated rings. The van der Waals surface area contributed by atoms with Crippen LogP contribution in [0.4, 0.5) is 4.79 Å². The molecule has 0 saturated carbocycles. The number of amides is 2. The molecule has 0 unspecified atom stereocenters. The number of carbonyl (C=O) groups excluding carboxylic acids is 2. The van der Waals surface area contributed by atoms with Gasteiger partial charge in [0.15, 0.2) is 0 Å². The number of hydrogen-bond donors (Lipinski definition) is 2. The molecule has 0 aliphatic rings. The number of halogens is 1. The number of nitrogens with one attached hydrogen (secondary N) is 1. The minimum absolute atomic E-state index is 0.134. The molecule has 0 aromatic carbocycles. The van der Waals surface area contributed by atoms with Gasteiger partial charge in [-0.3, -0.25) is 9.69 Å². The smallest absolute Gasteiger partial charge is 0.414 e. The molecule has 0 bridgehead atoms. The number of rotatable bonds is 7. The number of nitrogens with two attached hydrogens (primary N) is 1. The van der Waals surface area contributed by atoms with Gasteiger partial charge in [-0.1, -0.05) is 0 Å². The summed E-state index contributed by atoms with van der Waals surface area (Å²) in [5.74, 6) is -0.165. The first-order valence-corrected chi connectivity index (χ1v) is 7.44. The average Bonchev–Trinajstić information content (AvgIpc) is 2.41. The minimum atomic E-state index is -0.687. The summed E-state index contributed by atoms with van der Waals surface area (Å²) >= 11 is 5.51. The van der Waals surface area contributed by atoms with Crippen molar-refractivity contribution in [2.75, 3.05) is 25.5 Å². The van der Waals surface area contributed by atoms with E-state index in [0.29, 0.717) is 18.8 Å². The van der Waals surface area contributed by atoms with Crippen molar-refractivity contribution in [3.05, 3.63) is 11.8 Å². The molecule has 124 valence electrons. The predicted octanol–water partition coefficient (Wildman–Crippen LogP) is 1.33. The monoisotopic (exact) mass is 330 g/mol. The van der Waals surface area contributed by atoms with Crippen LogP contribution in [0.2, 0.25) is 0 Å². The molecular formula is C14H23ClN4O3. The van der Waals surface area contributed by atoms with E-state index in [1.54, 1.807) is 26.8 Å². The summed E-state index contributed by atoms with van der Waals surface area (Å²) in [5, 5.41) is 11.6. The summed E-state index contributed by atoms with van der Waals surface area (Å²) in [5.41, 5.74) is 4.56. The second kappa shape index (κ2) is 10.0. The minimum Gasteiger partial charge on any atom is -0.443 e. The van der Waals surface area contributed by atoms with Gasteiger partial charge in [-0.15, -0.1) is 11.6 Å². The predicted molar refractivity (Wildman–Crippen MR) is 84.0 cm³/mol. The number of alkyl halides is 1. The quantitative estimate of drug-likeness (QED) is 0.317. The van der Waals surface area contributed by atoms with E-state index in [1.165, 1.54) is 0 Å². The van der Waals surface area contributed by atoms with E-state index in [2.05, 4.69) is 5.32 Å². The number of nitrogens with zero attached hydrogens (tertiary/aromatic N) is 2. The summed E-state index contributed by atoms with van der Waals surface area (Å²) in [7, 11) is 0. The van der Waals surface area contributed by atoms with Crippen molar-refractivity contribution >= 4 is 23.6 Å². The van der Waals surface area contributed by atoms with E-state index in [9.17, 15) is 9.59 Å². The molecule has 0 spiro atoms. The summed E-state index contributed by atoms with van der Waals surface area (Å²) in [6.07, 6.45) is 1.07. The van der Waals surface area contributed by atoms with Crippen LogP contribution in [0.3, 0.4) is 0 Å². The van der Waals surface area contributed by atoms with Crippen LogP contribution in [-0.2, 0) is 9.53 Å². The fourth-order valence-electron chi connectivity index (χ4n) is 1.33. The van der Waals surface area contributed by atoms with Gasteiger partial charge in [0, 0.05) is 31.7 Å². The Bertz CT molecular complexity index is 452. The maximum atomic E-state index is 12.0. The van der Waals surface area contributed by atoms with Crippen molar-refractivity contribution in [1.82, 2.24) is 10.2 Å². The molecule has 7 nitrogen and oxygen atoms in total. The molecule has 22 heavy (non-hydrogen) atoms. The van der Waals surface area contributed by atoms with E-state index in [0.717, 1.165) is 11.1 Å². The van der Waals surface area contributed by atoms with Crippen LogP contribution >= 0.6 is 11.6 Å². The lowest BCUT2D eigenvalue weighted by atomic mass is 10.2. The molecule has 0 atom stereocenters. The summed E-state index contributed by atoms with van der Waals surface area (Å²) in [4.78, 5) is 25.0. The zero-order valence-corrected chi connectivity index (χ0v) is 13.9.